The first-order valence-electron chi connectivity index (χ1n) is 9.14. The van der Waals surface area contributed by atoms with Crippen LogP contribution < -0.4 is 5.73 Å². The zero-order valence-electron chi connectivity index (χ0n) is 13.3. The molecule has 0 amide bonds. The molecule has 4 bridgehead atoms. The average molecular weight is 293 g/mol. The minimum absolute atomic E-state index is 0.269. The summed E-state index contributed by atoms with van der Waals surface area (Å²) in [5, 5.41) is 0. The molecule has 1 unspecified atom stereocenters. The van der Waals surface area contributed by atoms with Crippen LogP contribution in [0.25, 0.3) is 0 Å². The second-order valence-corrected chi connectivity index (χ2v) is 8.48. The van der Waals surface area contributed by atoms with Gasteiger partial charge in [-0.1, -0.05) is 0 Å². The Labute approximate surface area is 128 Å². The van der Waals surface area contributed by atoms with Crippen LogP contribution in [0.15, 0.2) is 0 Å². The van der Waals surface area contributed by atoms with Gasteiger partial charge < -0.3 is 15.2 Å². The predicted octanol–water partition coefficient (Wildman–Crippen LogP) is 2.97. The van der Waals surface area contributed by atoms with Crippen LogP contribution in [0.4, 0.5) is 0 Å². The molecule has 120 valence electrons. The first-order chi connectivity index (χ1) is 10.2. The third-order valence-electron chi connectivity index (χ3n) is 6.86. The van der Waals surface area contributed by atoms with E-state index < -0.39 is 0 Å². The number of hydrogen-bond acceptors (Lipinski definition) is 3. The molecule has 5 rings (SSSR count). The van der Waals surface area contributed by atoms with Gasteiger partial charge in [-0.25, -0.2) is 0 Å². The number of ether oxygens (including phenoxy) is 2. The molecule has 0 spiro atoms. The normalized spacial score (nSPS) is 44.1. The van der Waals surface area contributed by atoms with Crippen LogP contribution >= 0.6 is 0 Å². The highest BCUT2D eigenvalue weighted by Gasteiger charge is 2.53. The molecular weight excluding hydrogens is 262 g/mol. The molecule has 1 saturated heterocycles. The molecule has 3 heteroatoms. The Morgan fingerprint density at radius 2 is 1.57 bits per heavy atom. The van der Waals surface area contributed by atoms with Gasteiger partial charge in [0.1, 0.15) is 0 Å². The fraction of sp³-hybridized carbons (Fsp3) is 1.00. The van der Waals surface area contributed by atoms with Gasteiger partial charge in [0, 0.05) is 25.9 Å². The van der Waals surface area contributed by atoms with Gasteiger partial charge in [-0.15, -0.1) is 0 Å². The summed E-state index contributed by atoms with van der Waals surface area (Å²) >= 11 is 0. The summed E-state index contributed by atoms with van der Waals surface area (Å²) in [5.74, 6) is 3.65. The molecule has 0 aromatic carbocycles. The molecule has 4 aliphatic carbocycles. The van der Waals surface area contributed by atoms with E-state index in [0.717, 1.165) is 57.0 Å². The van der Waals surface area contributed by atoms with Crippen molar-refractivity contribution in [2.24, 2.45) is 34.8 Å². The standard InChI is InChI=1S/C18H31NO2/c19-17(12-21-11-13-1-3-20-4-2-13)18-8-14-5-15(9-18)7-16(6-14)10-18/h13-17H,1-12,19H2. The Kier molecular flexibility index (Phi) is 4.01. The lowest BCUT2D eigenvalue weighted by Gasteiger charge is -2.58. The Morgan fingerprint density at radius 3 is 2.14 bits per heavy atom. The summed E-state index contributed by atoms with van der Waals surface area (Å²) in [6, 6.07) is 0.269. The molecule has 0 radical (unpaired) electrons. The van der Waals surface area contributed by atoms with E-state index in [1.54, 1.807) is 0 Å². The Bertz CT molecular complexity index is 329. The zero-order chi connectivity index (χ0) is 14.3. The van der Waals surface area contributed by atoms with Gasteiger partial charge in [0.25, 0.3) is 0 Å². The fourth-order valence-corrected chi connectivity index (χ4v) is 6.08. The van der Waals surface area contributed by atoms with Gasteiger partial charge in [-0.05, 0) is 80.5 Å². The molecule has 5 fully saturated rings. The van der Waals surface area contributed by atoms with E-state index in [0.29, 0.717) is 11.3 Å². The zero-order valence-corrected chi connectivity index (χ0v) is 13.3. The van der Waals surface area contributed by atoms with Crippen LogP contribution in [0.2, 0.25) is 0 Å². The molecule has 5 aliphatic rings. The van der Waals surface area contributed by atoms with Crippen molar-refractivity contribution in [1.29, 1.82) is 0 Å². The molecule has 2 N–H and O–H groups in total. The highest BCUT2D eigenvalue weighted by atomic mass is 16.5. The van der Waals surface area contributed by atoms with Gasteiger partial charge in [-0.2, -0.15) is 0 Å². The first kappa shape index (κ1) is 14.5. The van der Waals surface area contributed by atoms with E-state index in [9.17, 15) is 0 Å². The van der Waals surface area contributed by atoms with Crippen LogP contribution in [0.5, 0.6) is 0 Å². The monoisotopic (exact) mass is 293 g/mol. The Morgan fingerprint density at radius 1 is 1.00 bits per heavy atom. The molecule has 0 aromatic rings. The summed E-state index contributed by atoms with van der Waals surface area (Å²) in [5.41, 5.74) is 7.07. The lowest BCUT2D eigenvalue weighted by atomic mass is 9.48. The third kappa shape index (κ3) is 2.89. The quantitative estimate of drug-likeness (QED) is 0.847. The van der Waals surface area contributed by atoms with Crippen molar-refractivity contribution in [3.63, 3.8) is 0 Å². The second-order valence-electron chi connectivity index (χ2n) is 8.48. The van der Waals surface area contributed by atoms with E-state index >= 15 is 0 Å². The third-order valence-corrected chi connectivity index (χ3v) is 6.86. The predicted molar refractivity (Wildman–Crippen MR) is 82.9 cm³/mol. The van der Waals surface area contributed by atoms with Crippen molar-refractivity contribution < 1.29 is 9.47 Å². The lowest BCUT2D eigenvalue weighted by Crippen LogP contribution is -2.56. The highest BCUT2D eigenvalue weighted by Crippen LogP contribution is 2.60. The van der Waals surface area contributed by atoms with Crippen molar-refractivity contribution in [2.75, 3.05) is 26.4 Å². The maximum absolute atomic E-state index is 6.64. The molecule has 4 saturated carbocycles. The average Bonchev–Trinajstić information content (AvgIpc) is 2.47. The van der Waals surface area contributed by atoms with Crippen molar-refractivity contribution in [1.82, 2.24) is 0 Å². The molecule has 1 atom stereocenters. The molecular formula is C18H31NO2. The summed E-state index contributed by atoms with van der Waals surface area (Å²) in [6.07, 6.45) is 11.0. The van der Waals surface area contributed by atoms with Crippen LogP contribution in [0.1, 0.15) is 51.4 Å². The van der Waals surface area contributed by atoms with E-state index in [-0.39, 0.29) is 6.04 Å². The van der Waals surface area contributed by atoms with Gasteiger partial charge >= 0.3 is 0 Å². The molecule has 21 heavy (non-hydrogen) atoms. The van der Waals surface area contributed by atoms with Crippen molar-refractivity contribution in [3.8, 4) is 0 Å². The molecule has 0 aromatic heterocycles. The number of hydrogen-bond donors (Lipinski definition) is 1. The molecule has 1 heterocycles. The van der Waals surface area contributed by atoms with E-state index in [1.165, 1.54) is 38.5 Å². The van der Waals surface area contributed by atoms with E-state index in [4.69, 9.17) is 15.2 Å². The van der Waals surface area contributed by atoms with Gasteiger partial charge in [0.2, 0.25) is 0 Å². The number of nitrogens with two attached hydrogens (primary N) is 1. The number of rotatable bonds is 5. The highest BCUT2D eigenvalue weighted by molar-refractivity contribution is 5.05. The minimum atomic E-state index is 0.269. The fourth-order valence-electron chi connectivity index (χ4n) is 6.08. The molecule has 3 nitrogen and oxygen atoms in total. The van der Waals surface area contributed by atoms with Crippen LogP contribution in [0, 0.1) is 29.1 Å². The topological polar surface area (TPSA) is 44.5 Å². The van der Waals surface area contributed by atoms with E-state index in [1.807, 2.05) is 0 Å². The summed E-state index contributed by atoms with van der Waals surface area (Å²) in [7, 11) is 0. The Balaban J connectivity index is 1.29. The smallest absolute Gasteiger partial charge is 0.0623 e. The summed E-state index contributed by atoms with van der Waals surface area (Å²) in [6.45, 7) is 3.50. The van der Waals surface area contributed by atoms with Crippen molar-refractivity contribution in [2.45, 2.75) is 57.4 Å². The van der Waals surface area contributed by atoms with Crippen LogP contribution in [-0.2, 0) is 9.47 Å². The van der Waals surface area contributed by atoms with Gasteiger partial charge in [0.15, 0.2) is 0 Å². The lowest BCUT2D eigenvalue weighted by molar-refractivity contribution is -0.0841. The van der Waals surface area contributed by atoms with Gasteiger partial charge in [0.05, 0.1) is 6.61 Å². The SMILES string of the molecule is NC(COCC1CCOCC1)C12CC3CC(CC(C3)C1)C2. The summed E-state index contributed by atoms with van der Waals surface area (Å²) in [4.78, 5) is 0. The maximum atomic E-state index is 6.64. The Hall–Kier alpha value is -0.120. The van der Waals surface area contributed by atoms with Crippen LogP contribution in [0.3, 0.4) is 0 Å². The van der Waals surface area contributed by atoms with Crippen molar-refractivity contribution >= 4 is 0 Å². The van der Waals surface area contributed by atoms with Crippen molar-refractivity contribution in [3.05, 3.63) is 0 Å². The van der Waals surface area contributed by atoms with E-state index in [2.05, 4.69) is 0 Å². The molecule has 1 aliphatic heterocycles. The maximum Gasteiger partial charge on any atom is 0.0623 e. The van der Waals surface area contributed by atoms with Crippen LogP contribution in [-0.4, -0.2) is 32.5 Å². The van der Waals surface area contributed by atoms with Gasteiger partial charge in [-0.3, -0.25) is 0 Å². The summed E-state index contributed by atoms with van der Waals surface area (Å²) < 4.78 is 11.5. The first-order valence-corrected chi connectivity index (χ1v) is 9.14. The minimum Gasteiger partial charge on any atom is -0.381 e. The largest absolute Gasteiger partial charge is 0.381 e. The second kappa shape index (κ2) is 5.82.